The molecule has 14 heavy (non-hydrogen) atoms. The maximum atomic E-state index is 9.83. The molecule has 2 rings (SSSR count). The molecule has 1 heteroatoms. The Morgan fingerprint density at radius 2 is 2.00 bits per heavy atom. The predicted molar refractivity (Wildman–Crippen MR) is 59.0 cm³/mol. The quantitative estimate of drug-likeness (QED) is 0.616. The fraction of sp³-hybridized carbons (Fsp3) is 0.385. The van der Waals surface area contributed by atoms with Crippen LogP contribution in [-0.2, 0) is 0 Å². The van der Waals surface area contributed by atoms with E-state index in [9.17, 15) is 5.11 Å². The molecule has 0 fully saturated rings. The summed E-state index contributed by atoms with van der Waals surface area (Å²) in [5.41, 5.74) is 2.34. The van der Waals surface area contributed by atoms with Crippen molar-refractivity contribution in [3.05, 3.63) is 47.3 Å². The molecule has 74 valence electrons. The van der Waals surface area contributed by atoms with Crippen LogP contribution in [0.4, 0.5) is 0 Å². The highest BCUT2D eigenvalue weighted by Crippen LogP contribution is 2.37. The van der Waals surface area contributed by atoms with Gasteiger partial charge in [-0.1, -0.05) is 45.1 Å². The molecule has 1 unspecified atom stereocenters. The van der Waals surface area contributed by atoms with Gasteiger partial charge in [0, 0.05) is 11.5 Å². The maximum absolute atomic E-state index is 9.83. The Hall–Kier alpha value is -1.24. The van der Waals surface area contributed by atoms with Crippen LogP contribution in [0.3, 0.4) is 0 Å². The molecule has 0 radical (unpaired) electrons. The third kappa shape index (κ3) is 1.43. The number of rotatable bonds is 0. The van der Waals surface area contributed by atoms with Crippen LogP contribution in [-0.4, -0.2) is 5.11 Å². The van der Waals surface area contributed by atoms with Crippen LogP contribution in [0.15, 0.2) is 47.3 Å². The molecular weight excluding hydrogens is 172 g/mol. The molecule has 0 saturated heterocycles. The second-order valence-electron chi connectivity index (χ2n) is 4.93. The van der Waals surface area contributed by atoms with Crippen LogP contribution in [0.1, 0.15) is 20.8 Å². The Balaban J connectivity index is 2.41. The van der Waals surface area contributed by atoms with Crippen molar-refractivity contribution in [2.45, 2.75) is 20.8 Å². The van der Waals surface area contributed by atoms with Crippen molar-refractivity contribution in [2.75, 3.05) is 0 Å². The Morgan fingerprint density at radius 3 is 2.64 bits per heavy atom. The lowest BCUT2D eigenvalue weighted by Gasteiger charge is -2.26. The van der Waals surface area contributed by atoms with Gasteiger partial charge in [0.25, 0.3) is 0 Å². The van der Waals surface area contributed by atoms with E-state index in [1.165, 1.54) is 5.57 Å². The van der Waals surface area contributed by atoms with Gasteiger partial charge < -0.3 is 5.11 Å². The molecule has 0 heterocycles. The molecular formula is C13H16O. The van der Waals surface area contributed by atoms with Crippen molar-refractivity contribution < 1.29 is 5.11 Å². The van der Waals surface area contributed by atoms with E-state index < -0.39 is 0 Å². The van der Waals surface area contributed by atoms with Gasteiger partial charge >= 0.3 is 0 Å². The average molecular weight is 188 g/mol. The SMILES string of the molecule is CC(C)(C)C1=CC2C=CC=C2C(O)=C1. The molecule has 0 spiro atoms. The summed E-state index contributed by atoms with van der Waals surface area (Å²) in [6, 6.07) is 0. The summed E-state index contributed by atoms with van der Waals surface area (Å²) >= 11 is 0. The van der Waals surface area contributed by atoms with E-state index >= 15 is 0 Å². The van der Waals surface area contributed by atoms with Crippen LogP contribution >= 0.6 is 0 Å². The summed E-state index contributed by atoms with van der Waals surface area (Å²) in [6.45, 7) is 6.49. The van der Waals surface area contributed by atoms with Gasteiger partial charge in [-0.25, -0.2) is 0 Å². The summed E-state index contributed by atoms with van der Waals surface area (Å²) in [5.74, 6) is 0.710. The Kier molecular flexibility index (Phi) is 1.91. The van der Waals surface area contributed by atoms with Crippen LogP contribution in [0.5, 0.6) is 0 Å². The van der Waals surface area contributed by atoms with E-state index in [2.05, 4.69) is 32.9 Å². The van der Waals surface area contributed by atoms with Crippen molar-refractivity contribution in [2.24, 2.45) is 11.3 Å². The monoisotopic (exact) mass is 188 g/mol. The number of aliphatic hydroxyl groups excluding tert-OH is 1. The number of allylic oxidation sites excluding steroid dienone is 7. The lowest BCUT2D eigenvalue weighted by Crippen LogP contribution is -2.14. The summed E-state index contributed by atoms with van der Waals surface area (Å²) in [5, 5.41) is 9.83. The molecule has 0 aliphatic heterocycles. The Morgan fingerprint density at radius 1 is 1.29 bits per heavy atom. The minimum absolute atomic E-state index is 0.107. The van der Waals surface area contributed by atoms with Crippen LogP contribution in [0, 0.1) is 11.3 Å². The average Bonchev–Trinajstić information content (AvgIpc) is 2.50. The largest absolute Gasteiger partial charge is 0.508 e. The van der Waals surface area contributed by atoms with E-state index in [-0.39, 0.29) is 11.3 Å². The van der Waals surface area contributed by atoms with E-state index in [0.29, 0.717) is 5.76 Å². The lowest BCUT2D eigenvalue weighted by molar-refractivity contribution is 0.407. The first-order valence-corrected chi connectivity index (χ1v) is 5.00. The molecule has 2 aliphatic rings. The van der Waals surface area contributed by atoms with Crippen LogP contribution in [0.2, 0.25) is 0 Å². The molecule has 2 aliphatic carbocycles. The molecule has 0 saturated carbocycles. The standard InChI is InChI=1S/C13H16O/c1-13(2,3)10-7-9-5-4-6-11(9)12(14)8-10/h4-9,14H,1-3H3. The molecule has 0 amide bonds. The van der Waals surface area contributed by atoms with Crippen LogP contribution < -0.4 is 0 Å². The van der Waals surface area contributed by atoms with Gasteiger partial charge in [-0.2, -0.15) is 0 Å². The van der Waals surface area contributed by atoms with Gasteiger partial charge in [-0.05, 0) is 17.1 Å². The van der Waals surface area contributed by atoms with Gasteiger partial charge in [0.1, 0.15) is 5.76 Å². The van der Waals surface area contributed by atoms with Crippen molar-refractivity contribution in [3.8, 4) is 0 Å². The van der Waals surface area contributed by atoms with E-state index in [1.807, 2.05) is 18.2 Å². The molecule has 1 atom stereocenters. The van der Waals surface area contributed by atoms with Gasteiger partial charge in [-0.15, -0.1) is 0 Å². The zero-order chi connectivity index (χ0) is 10.3. The number of hydrogen-bond donors (Lipinski definition) is 1. The molecule has 0 aromatic heterocycles. The smallest absolute Gasteiger partial charge is 0.119 e. The Bertz CT molecular complexity index is 373. The minimum atomic E-state index is 0.107. The number of aliphatic hydroxyl groups is 1. The third-order valence-corrected chi connectivity index (χ3v) is 2.77. The van der Waals surface area contributed by atoms with E-state index in [4.69, 9.17) is 0 Å². The van der Waals surface area contributed by atoms with Gasteiger partial charge in [-0.3, -0.25) is 0 Å². The van der Waals surface area contributed by atoms with E-state index in [1.54, 1.807) is 0 Å². The summed E-state index contributed by atoms with van der Waals surface area (Å²) in [4.78, 5) is 0. The fourth-order valence-electron chi connectivity index (χ4n) is 1.83. The van der Waals surface area contributed by atoms with Gasteiger partial charge in [0.15, 0.2) is 0 Å². The number of hydrogen-bond acceptors (Lipinski definition) is 1. The highest BCUT2D eigenvalue weighted by molar-refractivity contribution is 5.50. The van der Waals surface area contributed by atoms with Crippen molar-refractivity contribution in [1.29, 1.82) is 0 Å². The first-order chi connectivity index (χ1) is 6.48. The summed E-state index contributed by atoms with van der Waals surface area (Å²) in [6.07, 6.45) is 10.2. The van der Waals surface area contributed by atoms with Crippen molar-refractivity contribution in [3.63, 3.8) is 0 Å². The first-order valence-electron chi connectivity index (χ1n) is 5.00. The number of fused-ring (bicyclic) bond motifs is 1. The maximum Gasteiger partial charge on any atom is 0.119 e. The van der Waals surface area contributed by atoms with Gasteiger partial charge in [0.05, 0.1) is 0 Å². The third-order valence-electron chi connectivity index (χ3n) is 2.77. The summed E-state index contributed by atoms with van der Waals surface area (Å²) in [7, 11) is 0. The fourth-order valence-corrected chi connectivity index (χ4v) is 1.83. The lowest BCUT2D eigenvalue weighted by atomic mass is 9.79. The molecule has 1 nitrogen and oxygen atoms in total. The second-order valence-corrected chi connectivity index (χ2v) is 4.93. The second kappa shape index (κ2) is 2.88. The topological polar surface area (TPSA) is 20.2 Å². The summed E-state index contributed by atoms with van der Waals surface area (Å²) < 4.78 is 0. The predicted octanol–water partition coefficient (Wildman–Crippen LogP) is 3.53. The zero-order valence-corrected chi connectivity index (χ0v) is 8.91. The first kappa shape index (κ1) is 9.32. The van der Waals surface area contributed by atoms with Crippen molar-refractivity contribution in [1.82, 2.24) is 0 Å². The zero-order valence-electron chi connectivity index (χ0n) is 8.91. The van der Waals surface area contributed by atoms with Gasteiger partial charge in [0.2, 0.25) is 0 Å². The van der Waals surface area contributed by atoms with Crippen LogP contribution in [0.25, 0.3) is 0 Å². The molecule has 0 aromatic rings. The normalized spacial score (nSPS) is 25.4. The highest BCUT2D eigenvalue weighted by Gasteiger charge is 2.25. The van der Waals surface area contributed by atoms with Crippen molar-refractivity contribution >= 4 is 0 Å². The van der Waals surface area contributed by atoms with E-state index in [0.717, 1.165) is 5.57 Å². The highest BCUT2D eigenvalue weighted by atomic mass is 16.3. The Labute approximate surface area is 85.1 Å². The molecule has 0 aromatic carbocycles. The molecule has 1 N–H and O–H groups in total. The minimum Gasteiger partial charge on any atom is -0.508 e. The molecule has 0 bridgehead atoms.